The van der Waals surface area contributed by atoms with Gasteiger partial charge in [-0.25, -0.2) is 0 Å². The summed E-state index contributed by atoms with van der Waals surface area (Å²) in [6.45, 7) is 3.94. The van der Waals surface area contributed by atoms with Crippen LogP contribution in [0.3, 0.4) is 0 Å². The van der Waals surface area contributed by atoms with E-state index >= 15 is 0 Å². The van der Waals surface area contributed by atoms with Crippen LogP contribution in [0.5, 0.6) is 0 Å². The molecule has 2 rings (SSSR count). The lowest BCUT2D eigenvalue weighted by atomic mass is 10.1. The second-order valence-corrected chi connectivity index (χ2v) is 6.46. The maximum Gasteiger partial charge on any atom is 0.176 e. The van der Waals surface area contributed by atoms with Gasteiger partial charge in [0.1, 0.15) is 5.01 Å². The predicted molar refractivity (Wildman–Crippen MR) is 75.4 cm³/mol. The highest BCUT2D eigenvalue weighted by molar-refractivity contribution is 8.02. The summed E-state index contributed by atoms with van der Waals surface area (Å²) in [6, 6.07) is 9.41. The van der Waals surface area contributed by atoms with Crippen LogP contribution >= 0.6 is 23.1 Å². The Kier molecular flexibility index (Phi) is 4.49. The first-order valence-corrected chi connectivity index (χ1v) is 7.46. The Morgan fingerprint density at radius 1 is 1.33 bits per heavy atom. The van der Waals surface area contributed by atoms with E-state index in [1.54, 1.807) is 0 Å². The minimum absolute atomic E-state index is 0.0836. The molecule has 1 atom stereocenters. The number of carbonyl (C=O) groups is 1. The molecule has 0 N–H and O–H groups in total. The van der Waals surface area contributed by atoms with Crippen molar-refractivity contribution in [1.82, 2.24) is 10.2 Å². The topological polar surface area (TPSA) is 42.9 Å². The maximum absolute atomic E-state index is 12.3. The predicted octanol–water partition coefficient (Wildman–Crippen LogP) is 3.60. The number of ketones is 1. The zero-order valence-corrected chi connectivity index (χ0v) is 11.9. The third kappa shape index (κ3) is 3.17. The van der Waals surface area contributed by atoms with Crippen LogP contribution in [0.25, 0.3) is 0 Å². The van der Waals surface area contributed by atoms with Crippen molar-refractivity contribution in [2.75, 3.05) is 0 Å². The van der Waals surface area contributed by atoms with Gasteiger partial charge in [-0.05, 0) is 13.3 Å². The van der Waals surface area contributed by atoms with E-state index in [2.05, 4.69) is 10.2 Å². The fraction of sp³-hybridized carbons (Fsp3) is 0.308. The fourth-order valence-corrected chi connectivity index (χ4v) is 3.62. The number of thioether (sulfide) groups is 1. The summed E-state index contributed by atoms with van der Waals surface area (Å²) in [4.78, 5) is 12.3. The highest BCUT2D eigenvalue weighted by atomic mass is 32.2. The number of carbonyl (C=O) groups excluding carboxylic acids is 1. The number of nitrogens with zero attached hydrogens (tertiary/aromatic N) is 2. The highest BCUT2D eigenvalue weighted by Gasteiger charge is 2.20. The quantitative estimate of drug-likeness (QED) is 0.619. The number of hydrogen-bond acceptors (Lipinski definition) is 5. The molecule has 1 unspecified atom stereocenters. The minimum atomic E-state index is -0.0836. The van der Waals surface area contributed by atoms with Crippen LogP contribution in [-0.2, 0) is 0 Å². The third-order valence-electron chi connectivity index (χ3n) is 2.47. The van der Waals surface area contributed by atoms with E-state index in [4.69, 9.17) is 0 Å². The molecule has 0 saturated heterocycles. The molecular formula is C13H14N2OS2. The van der Waals surface area contributed by atoms with Gasteiger partial charge < -0.3 is 0 Å². The van der Waals surface area contributed by atoms with Crippen LogP contribution in [0, 0.1) is 6.92 Å². The summed E-state index contributed by atoms with van der Waals surface area (Å²) < 4.78 is 0.864. The average Bonchev–Trinajstić information content (AvgIpc) is 2.82. The molecule has 0 aliphatic heterocycles. The van der Waals surface area contributed by atoms with Crippen molar-refractivity contribution < 1.29 is 4.79 Å². The van der Waals surface area contributed by atoms with Crippen LogP contribution in [0.1, 0.15) is 28.7 Å². The molecular weight excluding hydrogens is 264 g/mol. The largest absolute Gasteiger partial charge is 0.293 e. The van der Waals surface area contributed by atoms with Gasteiger partial charge in [0.2, 0.25) is 0 Å². The molecule has 0 saturated carbocycles. The number of aryl methyl sites for hydroxylation is 1. The van der Waals surface area contributed by atoms with Gasteiger partial charge in [0, 0.05) is 5.56 Å². The Balaban J connectivity index is 2.12. The molecule has 1 heterocycles. The van der Waals surface area contributed by atoms with E-state index in [0.717, 1.165) is 21.3 Å². The Hall–Kier alpha value is -1.20. The molecule has 1 aromatic heterocycles. The summed E-state index contributed by atoms with van der Waals surface area (Å²) in [7, 11) is 0. The highest BCUT2D eigenvalue weighted by Crippen LogP contribution is 2.30. The Morgan fingerprint density at radius 3 is 2.61 bits per heavy atom. The summed E-state index contributed by atoms with van der Waals surface area (Å²) in [5.41, 5.74) is 0.762. The van der Waals surface area contributed by atoms with Gasteiger partial charge in [0.25, 0.3) is 0 Å². The molecule has 0 aliphatic carbocycles. The summed E-state index contributed by atoms with van der Waals surface area (Å²) in [5, 5.41) is 8.88. The molecule has 18 heavy (non-hydrogen) atoms. The van der Waals surface area contributed by atoms with Crippen molar-refractivity contribution in [1.29, 1.82) is 0 Å². The molecule has 3 nitrogen and oxygen atoms in total. The van der Waals surface area contributed by atoms with Crippen molar-refractivity contribution >= 4 is 28.9 Å². The van der Waals surface area contributed by atoms with Crippen LogP contribution in [0.4, 0.5) is 0 Å². The zero-order chi connectivity index (χ0) is 13.0. The number of hydrogen-bond donors (Lipinski definition) is 0. The zero-order valence-electron chi connectivity index (χ0n) is 10.3. The number of benzene rings is 1. The number of Topliss-reactive ketones (excluding diaryl/α,β-unsaturated/α-hetero) is 1. The van der Waals surface area contributed by atoms with Crippen LogP contribution < -0.4 is 0 Å². The van der Waals surface area contributed by atoms with E-state index in [1.165, 1.54) is 23.1 Å². The van der Waals surface area contributed by atoms with E-state index in [9.17, 15) is 4.79 Å². The lowest BCUT2D eigenvalue weighted by Crippen LogP contribution is -2.16. The number of aromatic nitrogens is 2. The van der Waals surface area contributed by atoms with Crippen LogP contribution in [0.15, 0.2) is 34.7 Å². The van der Waals surface area contributed by atoms with E-state index in [1.807, 2.05) is 44.2 Å². The van der Waals surface area contributed by atoms with E-state index in [-0.39, 0.29) is 11.0 Å². The molecule has 0 fully saturated rings. The van der Waals surface area contributed by atoms with Crippen molar-refractivity contribution in [3.8, 4) is 0 Å². The molecule has 2 aromatic rings. The first-order valence-electron chi connectivity index (χ1n) is 5.76. The van der Waals surface area contributed by atoms with Crippen molar-refractivity contribution in [3.63, 3.8) is 0 Å². The van der Waals surface area contributed by atoms with Gasteiger partial charge in [-0.2, -0.15) is 0 Å². The Labute approximate surface area is 115 Å². The lowest BCUT2D eigenvalue weighted by molar-refractivity contribution is 0.0988. The van der Waals surface area contributed by atoms with E-state index in [0.29, 0.717) is 0 Å². The normalized spacial score (nSPS) is 12.3. The molecule has 0 aliphatic rings. The molecule has 1 aromatic carbocycles. The fourth-order valence-electron chi connectivity index (χ4n) is 1.56. The van der Waals surface area contributed by atoms with Crippen LogP contribution in [-0.4, -0.2) is 21.2 Å². The lowest BCUT2D eigenvalue weighted by Gasteiger charge is -2.11. The van der Waals surface area contributed by atoms with Crippen molar-refractivity contribution in [3.05, 3.63) is 40.9 Å². The second kappa shape index (κ2) is 6.11. The second-order valence-electron chi connectivity index (χ2n) is 3.83. The Bertz CT molecular complexity index is 525. The maximum atomic E-state index is 12.3. The minimum Gasteiger partial charge on any atom is -0.293 e. The molecule has 0 spiro atoms. The first kappa shape index (κ1) is 13.2. The molecule has 5 heteroatoms. The first-order chi connectivity index (χ1) is 8.70. The van der Waals surface area contributed by atoms with E-state index < -0.39 is 0 Å². The van der Waals surface area contributed by atoms with Crippen molar-refractivity contribution in [2.24, 2.45) is 0 Å². The summed E-state index contributed by atoms with van der Waals surface area (Å²) >= 11 is 3.04. The Morgan fingerprint density at radius 2 is 2.06 bits per heavy atom. The third-order valence-corrected chi connectivity index (χ3v) is 4.76. The van der Waals surface area contributed by atoms with Gasteiger partial charge in [-0.3, -0.25) is 4.79 Å². The van der Waals surface area contributed by atoms with Gasteiger partial charge in [0.15, 0.2) is 10.1 Å². The number of rotatable bonds is 5. The smallest absolute Gasteiger partial charge is 0.176 e. The van der Waals surface area contributed by atoms with Gasteiger partial charge >= 0.3 is 0 Å². The molecule has 0 bridgehead atoms. The standard InChI is InChI=1S/C13H14N2OS2/c1-3-11(18-13-15-14-9(2)17-13)12(16)10-7-5-4-6-8-10/h4-8,11H,3H2,1-2H3. The average molecular weight is 278 g/mol. The monoisotopic (exact) mass is 278 g/mol. The summed E-state index contributed by atoms with van der Waals surface area (Å²) in [6.07, 6.45) is 0.789. The van der Waals surface area contributed by atoms with Gasteiger partial charge in [0.05, 0.1) is 5.25 Å². The molecule has 0 radical (unpaired) electrons. The van der Waals surface area contributed by atoms with Crippen LogP contribution in [0.2, 0.25) is 0 Å². The summed E-state index contributed by atoms with van der Waals surface area (Å²) in [5.74, 6) is 0.163. The molecule has 0 amide bonds. The molecule has 94 valence electrons. The van der Waals surface area contributed by atoms with Gasteiger partial charge in [-0.1, -0.05) is 60.4 Å². The SMILES string of the molecule is CCC(Sc1nnc(C)s1)C(=O)c1ccccc1. The van der Waals surface area contributed by atoms with Crippen molar-refractivity contribution in [2.45, 2.75) is 29.9 Å². The van der Waals surface area contributed by atoms with Gasteiger partial charge in [-0.15, -0.1) is 10.2 Å².